The summed E-state index contributed by atoms with van der Waals surface area (Å²) in [5.41, 5.74) is 8.79. The highest BCUT2D eigenvalue weighted by Gasteiger charge is 2.13. The lowest BCUT2D eigenvalue weighted by Crippen LogP contribution is -2.27. The highest BCUT2D eigenvalue weighted by Crippen LogP contribution is 2.19. The average Bonchev–Trinajstić information content (AvgIpc) is 2.04. The van der Waals surface area contributed by atoms with E-state index >= 15 is 0 Å². The van der Waals surface area contributed by atoms with Gasteiger partial charge in [-0.2, -0.15) is 0 Å². The minimum atomic E-state index is 0. The fourth-order valence-electron chi connectivity index (χ4n) is 1.73. The Morgan fingerprint density at radius 1 is 1.08 bits per heavy atom. The van der Waals surface area contributed by atoms with Gasteiger partial charge in [0.2, 0.25) is 0 Å². The Balaban J connectivity index is 0.000000720. The molecule has 1 aliphatic carbocycles. The second-order valence-corrected chi connectivity index (χ2v) is 3.27. The molecule has 0 saturated carbocycles. The van der Waals surface area contributed by atoms with Gasteiger partial charge in [0.1, 0.15) is 0 Å². The fraction of sp³-hybridized carbons (Fsp3) is 0.400. The average molecular weight is 220 g/mol. The highest BCUT2D eigenvalue weighted by atomic mass is 35.5. The van der Waals surface area contributed by atoms with E-state index in [0.717, 1.165) is 19.3 Å². The Labute approximate surface area is 91.5 Å². The first-order chi connectivity index (χ1) is 5.36. The molecular formula is C10H15Cl2N. The van der Waals surface area contributed by atoms with Crippen LogP contribution < -0.4 is 5.73 Å². The molecule has 0 aromatic heterocycles. The molecular weight excluding hydrogens is 205 g/mol. The first-order valence-corrected chi connectivity index (χ1v) is 4.18. The van der Waals surface area contributed by atoms with Crippen molar-refractivity contribution < 1.29 is 0 Å². The van der Waals surface area contributed by atoms with Gasteiger partial charge >= 0.3 is 0 Å². The minimum absolute atomic E-state index is 0. The van der Waals surface area contributed by atoms with Gasteiger partial charge in [0.15, 0.2) is 0 Å². The topological polar surface area (TPSA) is 26.0 Å². The van der Waals surface area contributed by atoms with E-state index in [9.17, 15) is 0 Å². The summed E-state index contributed by atoms with van der Waals surface area (Å²) < 4.78 is 0. The molecule has 0 amide bonds. The molecule has 1 aliphatic rings. The number of benzene rings is 1. The summed E-state index contributed by atoms with van der Waals surface area (Å²) in [6, 6.07) is 8.99. The van der Waals surface area contributed by atoms with Crippen molar-refractivity contribution in [3.05, 3.63) is 35.4 Å². The second-order valence-electron chi connectivity index (χ2n) is 3.27. The van der Waals surface area contributed by atoms with E-state index in [-0.39, 0.29) is 24.8 Å². The Morgan fingerprint density at radius 3 is 2.38 bits per heavy atom. The Hall–Kier alpha value is -0.240. The van der Waals surface area contributed by atoms with Crippen LogP contribution in [0.4, 0.5) is 0 Å². The third kappa shape index (κ3) is 2.87. The van der Waals surface area contributed by atoms with Crippen LogP contribution in [-0.2, 0) is 12.8 Å². The Morgan fingerprint density at radius 2 is 1.69 bits per heavy atom. The van der Waals surface area contributed by atoms with Gasteiger partial charge in [0, 0.05) is 6.04 Å². The lowest BCUT2D eigenvalue weighted by atomic mass is 9.89. The van der Waals surface area contributed by atoms with Crippen molar-refractivity contribution in [1.29, 1.82) is 0 Å². The third-order valence-electron chi connectivity index (χ3n) is 2.38. The smallest absolute Gasteiger partial charge is 0.00825 e. The van der Waals surface area contributed by atoms with E-state index in [4.69, 9.17) is 5.73 Å². The predicted octanol–water partition coefficient (Wildman–Crippen LogP) is 2.35. The van der Waals surface area contributed by atoms with E-state index in [1.54, 1.807) is 0 Å². The number of nitrogens with two attached hydrogens (primary N) is 1. The normalized spacial score (nSPS) is 19.3. The molecule has 2 N–H and O–H groups in total. The fourth-order valence-corrected chi connectivity index (χ4v) is 1.73. The van der Waals surface area contributed by atoms with Gasteiger partial charge in [-0.1, -0.05) is 24.3 Å². The van der Waals surface area contributed by atoms with Gasteiger partial charge in [0.05, 0.1) is 0 Å². The molecule has 74 valence electrons. The number of aryl methyl sites for hydroxylation is 1. The summed E-state index contributed by atoms with van der Waals surface area (Å²) in [6.45, 7) is 0. The zero-order valence-electron chi connectivity index (χ0n) is 7.40. The zero-order valence-corrected chi connectivity index (χ0v) is 9.03. The molecule has 3 heteroatoms. The summed E-state index contributed by atoms with van der Waals surface area (Å²) in [5.74, 6) is 0. The Kier molecular flexibility index (Phi) is 5.38. The number of rotatable bonds is 0. The zero-order chi connectivity index (χ0) is 7.68. The van der Waals surface area contributed by atoms with Crippen molar-refractivity contribution in [2.24, 2.45) is 5.73 Å². The molecule has 1 aromatic rings. The van der Waals surface area contributed by atoms with Crippen LogP contribution in [0.5, 0.6) is 0 Å². The summed E-state index contributed by atoms with van der Waals surface area (Å²) >= 11 is 0. The van der Waals surface area contributed by atoms with Crippen molar-refractivity contribution in [2.75, 3.05) is 0 Å². The van der Waals surface area contributed by atoms with Crippen molar-refractivity contribution in [3.63, 3.8) is 0 Å². The maximum atomic E-state index is 5.85. The predicted molar refractivity (Wildman–Crippen MR) is 60.9 cm³/mol. The van der Waals surface area contributed by atoms with E-state index in [1.165, 1.54) is 11.1 Å². The molecule has 0 spiro atoms. The SMILES string of the molecule is Cl.Cl.NC1CCc2ccccc2C1. The molecule has 0 radical (unpaired) electrons. The molecule has 0 bridgehead atoms. The van der Waals surface area contributed by atoms with E-state index in [0.29, 0.717) is 6.04 Å². The van der Waals surface area contributed by atoms with Gasteiger partial charge in [-0.25, -0.2) is 0 Å². The van der Waals surface area contributed by atoms with Crippen LogP contribution in [0.15, 0.2) is 24.3 Å². The largest absolute Gasteiger partial charge is 0.327 e. The summed E-state index contributed by atoms with van der Waals surface area (Å²) in [5, 5.41) is 0. The van der Waals surface area contributed by atoms with Crippen LogP contribution in [0.3, 0.4) is 0 Å². The van der Waals surface area contributed by atoms with Gasteiger partial charge in [-0.3, -0.25) is 0 Å². The first kappa shape index (κ1) is 12.8. The number of fused-ring (bicyclic) bond motifs is 1. The van der Waals surface area contributed by atoms with Crippen LogP contribution in [0.25, 0.3) is 0 Å². The molecule has 0 fully saturated rings. The lowest BCUT2D eigenvalue weighted by Gasteiger charge is -2.20. The summed E-state index contributed by atoms with van der Waals surface area (Å²) in [7, 11) is 0. The molecule has 1 aromatic carbocycles. The monoisotopic (exact) mass is 219 g/mol. The molecule has 2 rings (SSSR count). The standard InChI is InChI=1S/C10H13N.2ClH/c11-10-6-5-8-3-1-2-4-9(8)7-10;;/h1-4,10H,5-7,11H2;2*1H. The van der Waals surface area contributed by atoms with Crippen molar-refractivity contribution in [2.45, 2.75) is 25.3 Å². The molecule has 0 heterocycles. The van der Waals surface area contributed by atoms with Gasteiger partial charge in [0.25, 0.3) is 0 Å². The van der Waals surface area contributed by atoms with Crippen molar-refractivity contribution in [3.8, 4) is 0 Å². The molecule has 0 saturated heterocycles. The third-order valence-corrected chi connectivity index (χ3v) is 2.38. The van der Waals surface area contributed by atoms with Crippen LogP contribution in [-0.4, -0.2) is 6.04 Å². The van der Waals surface area contributed by atoms with Crippen molar-refractivity contribution in [1.82, 2.24) is 0 Å². The summed E-state index contributed by atoms with van der Waals surface area (Å²) in [4.78, 5) is 0. The highest BCUT2D eigenvalue weighted by molar-refractivity contribution is 5.85. The van der Waals surface area contributed by atoms with Gasteiger partial charge in [-0.15, -0.1) is 24.8 Å². The first-order valence-electron chi connectivity index (χ1n) is 4.18. The molecule has 1 atom stereocenters. The maximum Gasteiger partial charge on any atom is 0.00825 e. The van der Waals surface area contributed by atoms with E-state index in [2.05, 4.69) is 24.3 Å². The number of hydrogen-bond donors (Lipinski definition) is 1. The maximum absolute atomic E-state index is 5.85. The van der Waals surface area contributed by atoms with Crippen LogP contribution in [0.1, 0.15) is 17.5 Å². The van der Waals surface area contributed by atoms with Gasteiger partial charge in [-0.05, 0) is 30.4 Å². The van der Waals surface area contributed by atoms with Crippen LogP contribution in [0, 0.1) is 0 Å². The van der Waals surface area contributed by atoms with Crippen LogP contribution in [0.2, 0.25) is 0 Å². The summed E-state index contributed by atoms with van der Waals surface area (Å²) in [6.07, 6.45) is 3.38. The second kappa shape index (κ2) is 5.48. The van der Waals surface area contributed by atoms with E-state index in [1.807, 2.05) is 0 Å². The number of hydrogen-bond acceptors (Lipinski definition) is 1. The lowest BCUT2D eigenvalue weighted by molar-refractivity contribution is 0.576. The van der Waals surface area contributed by atoms with Crippen LogP contribution >= 0.6 is 24.8 Å². The molecule has 0 aliphatic heterocycles. The quantitative estimate of drug-likeness (QED) is 0.713. The molecule has 1 nitrogen and oxygen atoms in total. The minimum Gasteiger partial charge on any atom is -0.327 e. The molecule has 1 unspecified atom stereocenters. The molecule has 13 heavy (non-hydrogen) atoms. The number of halogens is 2. The Bertz CT molecular complexity index is 263. The van der Waals surface area contributed by atoms with E-state index < -0.39 is 0 Å². The van der Waals surface area contributed by atoms with Crippen molar-refractivity contribution >= 4 is 24.8 Å². The van der Waals surface area contributed by atoms with Gasteiger partial charge < -0.3 is 5.73 Å².